The van der Waals surface area contributed by atoms with E-state index < -0.39 is 10.0 Å². The molecule has 2 aromatic carbocycles. The molecule has 4 rings (SSSR count). The third-order valence-corrected chi connectivity index (χ3v) is 9.63. The van der Waals surface area contributed by atoms with E-state index in [1.54, 1.807) is 34.3 Å². The smallest absolute Gasteiger partial charge is 0.243 e. The van der Waals surface area contributed by atoms with Crippen LogP contribution < -0.4 is 5.32 Å². The summed E-state index contributed by atoms with van der Waals surface area (Å²) in [5, 5.41) is 11.9. The van der Waals surface area contributed by atoms with E-state index in [1.165, 1.54) is 28.5 Å². The fraction of sp³-hybridized carbons (Fsp3) is 0.375. The number of anilines is 1. The maximum Gasteiger partial charge on any atom is 0.243 e. The molecule has 1 aromatic heterocycles. The highest BCUT2D eigenvalue weighted by Crippen LogP contribution is 2.28. The van der Waals surface area contributed by atoms with Crippen LogP contribution in [0, 0.1) is 6.92 Å². The number of nitrogens with one attached hydrogen (secondary N) is 1. The minimum atomic E-state index is -3.60. The van der Waals surface area contributed by atoms with Gasteiger partial charge in [-0.1, -0.05) is 77.9 Å². The molecule has 0 radical (unpaired) electrons. The second kappa shape index (κ2) is 11.4. The van der Waals surface area contributed by atoms with Crippen molar-refractivity contribution in [3.05, 3.63) is 65.2 Å². The van der Waals surface area contributed by atoms with Crippen molar-refractivity contribution in [3.63, 3.8) is 0 Å². The monoisotopic (exact) mass is 516 g/mol. The SMILES string of the molecule is Cc1ccc(CSc2nnc(NCC(=O)c3cccc(S(=O)(=O)N4CCCCCC4)c3)s2)cc1. The number of carbonyl (C=O) groups excluding carboxylic acids is 1. The van der Waals surface area contributed by atoms with Gasteiger partial charge in [0.2, 0.25) is 15.2 Å². The van der Waals surface area contributed by atoms with Crippen molar-refractivity contribution in [3.8, 4) is 0 Å². The topological polar surface area (TPSA) is 92.3 Å². The number of benzene rings is 2. The first kappa shape index (κ1) is 24.8. The van der Waals surface area contributed by atoms with Crippen LogP contribution in [0.1, 0.15) is 47.2 Å². The predicted molar refractivity (Wildman–Crippen MR) is 137 cm³/mol. The fourth-order valence-corrected chi connectivity index (χ4v) is 6.95. The van der Waals surface area contributed by atoms with Crippen molar-refractivity contribution >= 4 is 44.0 Å². The predicted octanol–water partition coefficient (Wildman–Crippen LogP) is 5.00. The quantitative estimate of drug-likeness (QED) is 0.316. The summed E-state index contributed by atoms with van der Waals surface area (Å²) in [5.41, 5.74) is 2.80. The summed E-state index contributed by atoms with van der Waals surface area (Å²) >= 11 is 2.99. The summed E-state index contributed by atoms with van der Waals surface area (Å²) < 4.78 is 28.5. The van der Waals surface area contributed by atoms with Gasteiger partial charge in [-0.05, 0) is 37.5 Å². The van der Waals surface area contributed by atoms with Crippen molar-refractivity contribution in [2.24, 2.45) is 0 Å². The lowest BCUT2D eigenvalue weighted by Gasteiger charge is -2.20. The molecule has 1 N–H and O–H groups in total. The average molecular weight is 517 g/mol. The molecule has 0 bridgehead atoms. The number of sulfonamides is 1. The third-order valence-electron chi connectivity index (χ3n) is 5.65. The average Bonchev–Trinajstić information content (AvgIpc) is 3.12. The Morgan fingerprint density at radius 2 is 1.79 bits per heavy atom. The minimum absolute atomic E-state index is 0.0183. The van der Waals surface area contributed by atoms with E-state index in [2.05, 4.69) is 46.7 Å². The van der Waals surface area contributed by atoms with Crippen LogP contribution in [0.15, 0.2) is 57.8 Å². The van der Waals surface area contributed by atoms with Crippen molar-refractivity contribution in [1.29, 1.82) is 0 Å². The van der Waals surface area contributed by atoms with E-state index in [-0.39, 0.29) is 17.2 Å². The van der Waals surface area contributed by atoms with Gasteiger partial charge in [-0.25, -0.2) is 8.42 Å². The van der Waals surface area contributed by atoms with Gasteiger partial charge in [-0.15, -0.1) is 10.2 Å². The van der Waals surface area contributed by atoms with Gasteiger partial charge in [0.15, 0.2) is 10.1 Å². The van der Waals surface area contributed by atoms with E-state index in [9.17, 15) is 13.2 Å². The Labute approximate surface area is 209 Å². The molecular formula is C24H28N4O3S3. The van der Waals surface area contributed by atoms with Crippen LogP contribution in [0.5, 0.6) is 0 Å². The van der Waals surface area contributed by atoms with Crippen LogP contribution in [-0.2, 0) is 15.8 Å². The fourth-order valence-electron chi connectivity index (χ4n) is 3.69. The molecule has 180 valence electrons. The Hall–Kier alpha value is -2.27. The first-order chi connectivity index (χ1) is 16.4. The molecule has 1 fully saturated rings. The number of nitrogens with zero attached hydrogens (tertiary/aromatic N) is 3. The Kier molecular flexibility index (Phi) is 8.36. The van der Waals surface area contributed by atoms with Gasteiger partial charge in [0.05, 0.1) is 11.4 Å². The zero-order valence-corrected chi connectivity index (χ0v) is 21.5. The van der Waals surface area contributed by atoms with Gasteiger partial charge >= 0.3 is 0 Å². The summed E-state index contributed by atoms with van der Waals surface area (Å²) in [6.45, 7) is 3.14. The first-order valence-electron chi connectivity index (χ1n) is 11.3. The second-order valence-electron chi connectivity index (χ2n) is 8.27. The zero-order chi connectivity index (χ0) is 24.0. The van der Waals surface area contributed by atoms with Gasteiger partial charge in [0.25, 0.3) is 0 Å². The molecule has 1 aliphatic heterocycles. The standard InChI is InChI=1S/C24H28N4O3S3/c1-18-9-11-19(12-10-18)17-32-24-27-26-23(33-24)25-16-22(29)20-7-6-8-21(15-20)34(30,31)28-13-4-2-3-5-14-28/h6-12,15H,2-5,13-14,16-17H2,1H3,(H,25,26). The molecule has 0 amide bonds. The van der Waals surface area contributed by atoms with E-state index in [1.807, 2.05) is 0 Å². The number of carbonyl (C=O) groups is 1. The summed E-state index contributed by atoms with van der Waals surface area (Å²) in [6, 6.07) is 14.7. The normalized spacial score (nSPS) is 15.1. The van der Waals surface area contributed by atoms with Gasteiger partial charge in [-0.2, -0.15) is 4.31 Å². The third kappa shape index (κ3) is 6.44. The molecule has 0 unspecified atom stereocenters. The molecule has 3 aromatic rings. The highest BCUT2D eigenvalue weighted by molar-refractivity contribution is 8.00. The number of hydrogen-bond acceptors (Lipinski definition) is 8. The number of thioether (sulfide) groups is 1. The number of aryl methyl sites for hydroxylation is 1. The Bertz CT molecular complexity index is 1220. The van der Waals surface area contributed by atoms with Crippen LogP contribution in [0.4, 0.5) is 5.13 Å². The number of ketones is 1. The first-order valence-corrected chi connectivity index (χ1v) is 14.6. The number of aromatic nitrogens is 2. The van der Waals surface area contributed by atoms with Gasteiger partial charge in [0, 0.05) is 24.4 Å². The Morgan fingerprint density at radius 3 is 2.53 bits per heavy atom. The molecule has 7 nitrogen and oxygen atoms in total. The van der Waals surface area contributed by atoms with E-state index in [4.69, 9.17) is 0 Å². The zero-order valence-electron chi connectivity index (χ0n) is 19.1. The van der Waals surface area contributed by atoms with E-state index in [0.717, 1.165) is 35.8 Å². The molecule has 0 spiro atoms. The summed E-state index contributed by atoms with van der Waals surface area (Å²) in [6.07, 6.45) is 3.84. The molecule has 0 atom stereocenters. The highest BCUT2D eigenvalue weighted by atomic mass is 32.2. The van der Waals surface area contributed by atoms with Crippen LogP contribution >= 0.6 is 23.1 Å². The minimum Gasteiger partial charge on any atom is -0.353 e. The largest absolute Gasteiger partial charge is 0.353 e. The lowest BCUT2D eigenvalue weighted by molar-refractivity contribution is 0.101. The van der Waals surface area contributed by atoms with Crippen molar-refractivity contribution in [2.45, 2.75) is 47.6 Å². The number of rotatable bonds is 9. The Balaban J connectivity index is 1.34. The van der Waals surface area contributed by atoms with Crippen molar-refractivity contribution in [2.75, 3.05) is 25.0 Å². The van der Waals surface area contributed by atoms with Crippen molar-refractivity contribution < 1.29 is 13.2 Å². The summed E-state index contributed by atoms with van der Waals surface area (Å²) in [5.74, 6) is 0.601. The highest BCUT2D eigenvalue weighted by Gasteiger charge is 2.25. The van der Waals surface area contributed by atoms with Crippen LogP contribution in [0.25, 0.3) is 0 Å². The Morgan fingerprint density at radius 1 is 1.06 bits per heavy atom. The van der Waals surface area contributed by atoms with Gasteiger partial charge in [-0.3, -0.25) is 4.79 Å². The molecule has 1 saturated heterocycles. The maximum atomic E-state index is 13.1. The molecule has 10 heteroatoms. The molecule has 1 aliphatic rings. The molecular weight excluding hydrogens is 488 g/mol. The van der Waals surface area contributed by atoms with Crippen LogP contribution in [0.3, 0.4) is 0 Å². The maximum absolute atomic E-state index is 13.1. The van der Waals surface area contributed by atoms with Gasteiger partial charge in [0.1, 0.15) is 0 Å². The second-order valence-corrected chi connectivity index (χ2v) is 12.4. The van der Waals surface area contributed by atoms with Gasteiger partial charge < -0.3 is 5.32 Å². The number of Topliss-reactive ketones (excluding diaryl/α,β-unsaturated/α-hetero) is 1. The summed E-state index contributed by atoms with van der Waals surface area (Å²) in [4.78, 5) is 12.9. The molecule has 0 saturated carbocycles. The molecule has 34 heavy (non-hydrogen) atoms. The van der Waals surface area contributed by atoms with E-state index >= 15 is 0 Å². The molecule has 0 aliphatic carbocycles. The van der Waals surface area contributed by atoms with Crippen LogP contribution in [0.2, 0.25) is 0 Å². The van der Waals surface area contributed by atoms with Crippen molar-refractivity contribution in [1.82, 2.24) is 14.5 Å². The van der Waals surface area contributed by atoms with E-state index in [0.29, 0.717) is 23.8 Å². The van der Waals surface area contributed by atoms with Crippen LogP contribution in [-0.4, -0.2) is 48.3 Å². The lowest BCUT2D eigenvalue weighted by atomic mass is 10.1. The lowest BCUT2D eigenvalue weighted by Crippen LogP contribution is -2.32. The summed E-state index contributed by atoms with van der Waals surface area (Å²) in [7, 11) is -3.60. The molecule has 2 heterocycles. The number of hydrogen-bond donors (Lipinski definition) is 1.